The summed E-state index contributed by atoms with van der Waals surface area (Å²) in [6, 6.07) is 87.9. The van der Waals surface area contributed by atoms with Crippen molar-refractivity contribution in [3.63, 3.8) is 0 Å². The third-order valence-corrected chi connectivity index (χ3v) is 13.1. The molecule has 0 saturated carbocycles. The van der Waals surface area contributed by atoms with E-state index >= 15 is 0 Å². The zero-order chi connectivity index (χ0) is 42.8. The van der Waals surface area contributed by atoms with E-state index in [1.165, 1.54) is 54.7 Å². The van der Waals surface area contributed by atoms with Crippen LogP contribution in [0.1, 0.15) is 0 Å². The lowest BCUT2D eigenvalue weighted by atomic mass is 9.93. The summed E-state index contributed by atoms with van der Waals surface area (Å²) >= 11 is 0. The number of para-hydroxylation sites is 2. The highest BCUT2D eigenvalue weighted by Gasteiger charge is 2.26. The van der Waals surface area contributed by atoms with Crippen LogP contribution in [0.25, 0.3) is 104 Å². The topological polar surface area (TPSA) is 21.3 Å². The van der Waals surface area contributed by atoms with Crippen LogP contribution in [0.2, 0.25) is 0 Å². The average molecular weight is 829 g/mol. The molecule has 13 rings (SSSR count). The Bertz CT molecular complexity index is 3940. The van der Waals surface area contributed by atoms with Gasteiger partial charge >= 0.3 is 0 Å². The van der Waals surface area contributed by atoms with Crippen molar-refractivity contribution in [1.82, 2.24) is 4.57 Å². The minimum Gasteiger partial charge on any atom is -0.456 e. The second kappa shape index (κ2) is 15.0. The molecule has 0 aliphatic rings. The van der Waals surface area contributed by atoms with Gasteiger partial charge in [-0.15, -0.1) is 0 Å². The van der Waals surface area contributed by atoms with Crippen LogP contribution in [0.3, 0.4) is 0 Å². The normalized spacial score (nSPS) is 11.7. The molecule has 0 aliphatic heterocycles. The number of fused-ring (bicyclic) bond motifs is 9. The van der Waals surface area contributed by atoms with Gasteiger partial charge < -0.3 is 13.9 Å². The van der Waals surface area contributed by atoms with Crippen LogP contribution in [0.5, 0.6) is 0 Å². The predicted octanol–water partition coefficient (Wildman–Crippen LogP) is 17.5. The fraction of sp³-hybridized carbons (Fsp3) is 0. The van der Waals surface area contributed by atoms with Crippen molar-refractivity contribution < 1.29 is 4.42 Å². The molecule has 0 spiro atoms. The van der Waals surface area contributed by atoms with E-state index in [9.17, 15) is 0 Å². The maximum Gasteiger partial charge on any atom is 0.137 e. The lowest BCUT2D eigenvalue weighted by Crippen LogP contribution is -2.11. The molecule has 304 valence electrons. The van der Waals surface area contributed by atoms with Gasteiger partial charge in [-0.2, -0.15) is 0 Å². The highest BCUT2D eigenvalue weighted by Crippen LogP contribution is 2.50. The first kappa shape index (κ1) is 36.9. The van der Waals surface area contributed by atoms with Crippen LogP contribution in [0.15, 0.2) is 247 Å². The molecule has 13 aromatic rings. The molecule has 11 aromatic carbocycles. The zero-order valence-electron chi connectivity index (χ0n) is 35.4. The monoisotopic (exact) mass is 828 g/mol. The second-order valence-corrected chi connectivity index (χ2v) is 16.8. The fourth-order valence-electron chi connectivity index (χ4n) is 10.3. The maximum absolute atomic E-state index is 6.62. The number of benzene rings is 11. The summed E-state index contributed by atoms with van der Waals surface area (Å²) in [5, 5.41) is 9.44. The van der Waals surface area contributed by atoms with E-state index in [0.29, 0.717) is 0 Å². The molecule has 0 fully saturated rings. The van der Waals surface area contributed by atoms with Gasteiger partial charge in [0, 0.05) is 33.1 Å². The van der Waals surface area contributed by atoms with E-state index in [1.54, 1.807) is 0 Å². The molecule has 2 heterocycles. The molecular weight excluding hydrogens is 789 g/mol. The third kappa shape index (κ3) is 5.97. The Balaban J connectivity index is 1.17. The molecule has 0 saturated heterocycles. The Labute approximate surface area is 376 Å². The SMILES string of the molecule is c1ccc(-c2cc(-c3ccccc3)c3c(c2)c2c(N(c4cccc(-c5cc6ccccc6c6ccccc56)c4)c4cccc5oc6ccccc6c45)cccc2n3-c2ccccc2)cc1. The van der Waals surface area contributed by atoms with Crippen LogP contribution in [0.4, 0.5) is 17.1 Å². The molecule has 0 unspecified atom stereocenters. The second-order valence-electron chi connectivity index (χ2n) is 16.8. The Morgan fingerprint density at radius 1 is 0.338 bits per heavy atom. The van der Waals surface area contributed by atoms with Crippen molar-refractivity contribution in [3.8, 4) is 39.1 Å². The Morgan fingerprint density at radius 2 is 0.938 bits per heavy atom. The van der Waals surface area contributed by atoms with Gasteiger partial charge in [0.1, 0.15) is 11.2 Å². The lowest BCUT2D eigenvalue weighted by molar-refractivity contribution is 0.669. The molecule has 0 N–H and O–H groups in total. The van der Waals surface area contributed by atoms with E-state index in [1.807, 2.05) is 6.07 Å². The van der Waals surface area contributed by atoms with Gasteiger partial charge in [-0.25, -0.2) is 0 Å². The molecule has 0 radical (unpaired) electrons. The van der Waals surface area contributed by atoms with Gasteiger partial charge in [-0.05, 0) is 122 Å². The van der Waals surface area contributed by atoms with Crippen molar-refractivity contribution in [1.29, 1.82) is 0 Å². The summed E-state index contributed by atoms with van der Waals surface area (Å²) < 4.78 is 9.08. The molecule has 3 heteroatoms. The highest BCUT2D eigenvalue weighted by molar-refractivity contribution is 6.22. The highest BCUT2D eigenvalue weighted by atomic mass is 16.3. The molecule has 3 nitrogen and oxygen atoms in total. The first-order valence-corrected chi connectivity index (χ1v) is 22.3. The molecule has 0 bridgehead atoms. The van der Waals surface area contributed by atoms with Crippen molar-refractivity contribution in [2.75, 3.05) is 4.90 Å². The third-order valence-electron chi connectivity index (χ3n) is 13.1. The minimum absolute atomic E-state index is 0.849. The fourth-order valence-corrected chi connectivity index (χ4v) is 10.3. The quantitative estimate of drug-likeness (QED) is 0.149. The van der Waals surface area contributed by atoms with Crippen molar-refractivity contribution in [3.05, 3.63) is 243 Å². The minimum atomic E-state index is 0.849. The number of rotatable bonds is 7. The number of anilines is 3. The number of hydrogen-bond acceptors (Lipinski definition) is 2. The van der Waals surface area contributed by atoms with Gasteiger partial charge in [0.05, 0.1) is 27.8 Å². The van der Waals surface area contributed by atoms with E-state index in [-0.39, 0.29) is 0 Å². The molecule has 0 atom stereocenters. The van der Waals surface area contributed by atoms with E-state index < -0.39 is 0 Å². The number of hydrogen-bond donors (Lipinski definition) is 0. The largest absolute Gasteiger partial charge is 0.456 e. The van der Waals surface area contributed by atoms with E-state index in [2.05, 4.69) is 246 Å². The smallest absolute Gasteiger partial charge is 0.137 e. The number of aromatic nitrogens is 1. The van der Waals surface area contributed by atoms with Crippen LogP contribution in [-0.4, -0.2) is 4.57 Å². The average Bonchev–Trinajstić information content (AvgIpc) is 3.94. The summed E-state index contributed by atoms with van der Waals surface area (Å²) in [6.45, 7) is 0. The summed E-state index contributed by atoms with van der Waals surface area (Å²) in [6.07, 6.45) is 0. The van der Waals surface area contributed by atoms with Crippen LogP contribution in [-0.2, 0) is 0 Å². The van der Waals surface area contributed by atoms with Gasteiger partial charge in [0.15, 0.2) is 0 Å². The van der Waals surface area contributed by atoms with Gasteiger partial charge in [0.25, 0.3) is 0 Å². The summed E-state index contributed by atoms with van der Waals surface area (Å²) in [4.78, 5) is 2.48. The van der Waals surface area contributed by atoms with Gasteiger partial charge in [-0.3, -0.25) is 0 Å². The number of furan rings is 1. The summed E-state index contributed by atoms with van der Waals surface area (Å²) in [5.41, 5.74) is 15.3. The van der Waals surface area contributed by atoms with Crippen LogP contribution in [0, 0.1) is 0 Å². The molecule has 0 aliphatic carbocycles. The standard InChI is InChI=1S/C62H40N2O/c1-4-19-41(20-5-1)45-39-53(42-21-6-2-7-22-42)62-54(40-45)60-55(32-17-33-56(60)64(62)46-25-8-3-9-26-46)63(57-34-18-36-59-61(57)51-31-14-15-35-58(51)65-59)47-27-16-24-43(37-47)52-38-44-23-10-11-28-48(44)49-29-12-13-30-50(49)52/h1-40H. The van der Waals surface area contributed by atoms with Gasteiger partial charge in [-0.1, -0.05) is 170 Å². The maximum atomic E-state index is 6.62. The molecule has 0 amide bonds. The number of nitrogens with zero attached hydrogens (tertiary/aromatic N) is 2. The van der Waals surface area contributed by atoms with E-state index in [0.717, 1.165) is 66.7 Å². The predicted molar refractivity (Wildman–Crippen MR) is 274 cm³/mol. The first-order valence-electron chi connectivity index (χ1n) is 22.3. The van der Waals surface area contributed by atoms with E-state index in [4.69, 9.17) is 4.42 Å². The van der Waals surface area contributed by atoms with Crippen LogP contribution < -0.4 is 4.90 Å². The van der Waals surface area contributed by atoms with Gasteiger partial charge in [0.2, 0.25) is 0 Å². The molecule has 65 heavy (non-hydrogen) atoms. The first-order chi connectivity index (χ1) is 32.3. The van der Waals surface area contributed by atoms with Crippen molar-refractivity contribution in [2.45, 2.75) is 0 Å². The Morgan fingerprint density at radius 3 is 1.74 bits per heavy atom. The Hall–Kier alpha value is -8.66. The summed E-state index contributed by atoms with van der Waals surface area (Å²) in [7, 11) is 0. The van der Waals surface area contributed by atoms with Crippen LogP contribution >= 0.6 is 0 Å². The zero-order valence-corrected chi connectivity index (χ0v) is 35.4. The van der Waals surface area contributed by atoms with Crippen molar-refractivity contribution >= 4 is 82.4 Å². The molecule has 2 aromatic heterocycles. The summed E-state index contributed by atoms with van der Waals surface area (Å²) in [5.74, 6) is 0. The Kier molecular flexibility index (Phi) is 8.53. The molecular formula is C62H40N2O. The van der Waals surface area contributed by atoms with Crippen molar-refractivity contribution in [2.24, 2.45) is 0 Å². The lowest BCUT2D eigenvalue weighted by Gasteiger charge is -2.28.